The highest BCUT2D eigenvalue weighted by molar-refractivity contribution is 14.0. The first kappa shape index (κ1) is 25.2. The van der Waals surface area contributed by atoms with Crippen molar-refractivity contribution in [3.63, 3.8) is 0 Å². The van der Waals surface area contributed by atoms with Crippen molar-refractivity contribution in [1.82, 2.24) is 15.1 Å². The van der Waals surface area contributed by atoms with E-state index in [1.165, 1.54) is 13.0 Å². The van der Waals surface area contributed by atoms with Crippen molar-refractivity contribution in [1.29, 1.82) is 0 Å². The molecule has 0 aliphatic carbocycles. The summed E-state index contributed by atoms with van der Waals surface area (Å²) in [5.41, 5.74) is 0.910. The first-order valence-electron chi connectivity index (χ1n) is 11.0. The van der Waals surface area contributed by atoms with E-state index in [0.717, 1.165) is 63.2 Å². The lowest BCUT2D eigenvalue weighted by Crippen LogP contribution is -2.42. The topological polar surface area (TPSA) is 49.3 Å². The molecule has 2 saturated heterocycles. The van der Waals surface area contributed by atoms with Crippen LogP contribution in [0.4, 0.5) is 0 Å². The van der Waals surface area contributed by atoms with Crippen LogP contribution in [-0.4, -0.2) is 73.8 Å². The molecule has 0 spiro atoms. The van der Waals surface area contributed by atoms with Crippen LogP contribution >= 0.6 is 24.0 Å². The molecule has 2 aliphatic rings. The number of morpholine rings is 1. The summed E-state index contributed by atoms with van der Waals surface area (Å²) in [7, 11) is 0. The number of aliphatic imine (C=N–C) groups is 1. The third-order valence-electron chi connectivity index (χ3n) is 5.33. The zero-order valence-corrected chi connectivity index (χ0v) is 21.4. The summed E-state index contributed by atoms with van der Waals surface area (Å²) in [5, 5.41) is 3.49. The molecule has 1 aromatic carbocycles. The maximum Gasteiger partial charge on any atom is 0.194 e. The Morgan fingerprint density at radius 3 is 2.63 bits per heavy atom. The van der Waals surface area contributed by atoms with Gasteiger partial charge in [0.15, 0.2) is 5.96 Å². The monoisotopic (exact) mass is 530 g/mol. The Hall–Kier alpha value is -1.06. The fraction of sp³-hybridized carbons (Fsp3) is 0.696. The molecule has 0 amide bonds. The molecule has 1 aromatic rings. The van der Waals surface area contributed by atoms with E-state index in [1.807, 2.05) is 12.1 Å². The fourth-order valence-corrected chi connectivity index (χ4v) is 3.97. The normalized spacial score (nSPS) is 20.7. The number of nitrogens with zero attached hydrogens (tertiary/aromatic N) is 3. The Morgan fingerprint density at radius 1 is 1.20 bits per heavy atom. The van der Waals surface area contributed by atoms with Gasteiger partial charge in [-0.2, -0.15) is 0 Å². The van der Waals surface area contributed by atoms with Crippen molar-refractivity contribution in [2.24, 2.45) is 10.9 Å². The molecule has 3 rings (SSSR count). The van der Waals surface area contributed by atoms with Crippen LogP contribution in [0.5, 0.6) is 5.75 Å². The molecule has 0 radical (unpaired) electrons. The van der Waals surface area contributed by atoms with E-state index in [9.17, 15) is 0 Å². The number of rotatable bonds is 6. The summed E-state index contributed by atoms with van der Waals surface area (Å²) in [6.07, 6.45) is 1.23. The van der Waals surface area contributed by atoms with Gasteiger partial charge in [-0.05, 0) is 46.1 Å². The molecule has 0 bridgehead atoms. The Labute approximate surface area is 199 Å². The maximum absolute atomic E-state index is 6.13. The minimum atomic E-state index is -0.216. The van der Waals surface area contributed by atoms with Gasteiger partial charge in [0.25, 0.3) is 0 Å². The summed E-state index contributed by atoms with van der Waals surface area (Å²) < 4.78 is 11.6. The van der Waals surface area contributed by atoms with Crippen molar-refractivity contribution in [2.75, 3.05) is 52.5 Å². The quantitative estimate of drug-likeness (QED) is 0.346. The van der Waals surface area contributed by atoms with E-state index in [1.54, 1.807) is 0 Å². The predicted octanol–water partition coefficient (Wildman–Crippen LogP) is 3.60. The molecule has 1 unspecified atom stereocenters. The third kappa shape index (κ3) is 7.89. The summed E-state index contributed by atoms with van der Waals surface area (Å²) >= 11 is 0. The zero-order chi connectivity index (χ0) is 20.7. The van der Waals surface area contributed by atoms with E-state index in [-0.39, 0.29) is 29.6 Å². The molecule has 7 heteroatoms. The van der Waals surface area contributed by atoms with Crippen molar-refractivity contribution in [3.8, 4) is 5.75 Å². The number of para-hydroxylation sites is 1. The van der Waals surface area contributed by atoms with Gasteiger partial charge >= 0.3 is 0 Å². The molecule has 30 heavy (non-hydrogen) atoms. The van der Waals surface area contributed by atoms with Gasteiger partial charge in [0, 0.05) is 44.8 Å². The number of ether oxygens (including phenoxy) is 2. The van der Waals surface area contributed by atoms with Crippen LogP contribution in [0, 0.1) is 5.92 Å². The zero-order valence-electron chi connectivity index (χ0n) is 19.0. The van der Waals surface area contributed by atoms with E-state index < -0.39 is 0 Å². The molecule has 1 N–H and O–H groups in total. The van der Waals surface area contributed by atoms with E-state index in [0.29, 0.717) is 12.5 Å². The van der Waals surface area contributed by atoms with E-state index >= 15 is 0 Å². The second kappa shape index (κ2) is 12.1. The van der Waals surface area contributed by atoms with Gasteiger partial charge in [-0.15, -0.1) is 24.0 Å². The van der Waals surface area contributed by atoms with Crippen LogP contribution in [0.2, 0.25) is 0 Å². The largest absolute Gasteiger partial charge is 0.488 e. The Kier molecular flexibility index (Phi) is 10.2. The summed E-state index contributed by atoms with van der Waals surface area (Å²) in [6.45, 7) is 17.1. The standard InChI is InChI=1S/C23H38N4O2.HI/c1-5-24-22(25-16-20-8-6-7-9-21(20)29-23(2,3)4)27-11-10-19(18-27)17-26-12-14-28-15-13-26;/h6-9,19H,5,10-18H2,1-4H3,(H,24,25);1H. The van der Waals surface area contributed by atoms with Gasteiger partial charge < -0.3 is 19.7 Å². The van der Waals surface area contributed by atoms with E-state index in [2.05, 4.69) is 54.9 Å². The SMILES string of the molecule is CCNC(=NCc1ccccc1OC(C)(C)C)N1CCC(CN2CCOCC2)C1.I. The van der Waals surface area contributed by atoms with Crippen LogP contribution in [0.3, 0.4) is 0 Å². The van der Waals surface area contributed by atoms with Crippen molar-refractivity contribution in [2.45, 2.75) is 46.3 Å². The van der Waals surface area contributed by atoms with Crippen LogP contribution < -0.4 is 10.1 Å². The summed E-state index contributed by atoms with van der Waals surface area (Å²) in [4.78, 5) is 9.92. The molecular formula is C23H39IN4O2. The van der Waals surface area contributed by atoms with Gasteiger partial charge in [-0.1, -0.05) is 18.2 Å². The Balaban J connectivity index is 0.00000320. The second-order valence-electron chi connectivity index (χ2n) is 9.01. The van der Waals surface area contributed by atoms with Crippen LogP contribution in [0.25, 0.3) is 0 Å². The molecule has 6 nitrogen and oxygen atoms in total. The smallest absolute Gasteiger partial charge is 0.194 e. The number of likely N-dealkylation sites (tertiary alicyclic amines) is 1. The molecule has 1 atom stereocenters. The molecule has 170 valence electrons. The fourth-order valence-electron chi connectivity index (χ4n) is 3.97. The number of benzene rings is 1. The van der Waals surface area contributed by atoms with Gasteiger partial charge in [-0.3, -0.25) is 4.90 Å². The number of hydrogen-bond donors (Lipinski definition) is 1. The highest BCUT2D eigenvalue weighted by atomic mass is 127. The summed E-state index contributed by atoms with van der Waals surface area (Å²) in [5.74, 6) is 2.64. The minimum absolute atomic E-state index is 0. The lowest BCUT2D eigenvalue weighted by Gasteiger charge is -2.29. The van der Waals surface area contributed by atoms with Crippen LogP contribution in [-0.2, 0) is 11.3 Å². The maximum atomic E-state index is 6.13. The van der Waals surface area contributed by atoms with Gasteiger partial charge in [0.2, 0.25) is 0 Å². The van der Waals surface area contributed by atoms with Crippen molar-refractivity contribution < 1.29 is 9.47 Å². The number of hydrogen-bond acceptors (Lipinski definition) is 4. The van der Waals surface area contributed by atoms with Crippen LogP contribution in [0.15, 0.2) is 29.3 Å². The van der Waals surface area contributed by atoms with Crippen LogP contribution in [0.1, 0.15) is 39.7 Å². The third-order valence-corrected chi connectivity index (χ3v) is 5.33. The lowest BCUT2D eigenvalue weighted by atomic mass is 10.1. The minimum Gasteiger partial charge on any atom is -0.488 e. The predicted molar refractivity (Wildman–Crippen MR) is 134 cm³/mol. The second-order valence-corrected chi connectivity index (χ2v) is 9.01. The highest BCUT2D eigenvalue weighted by Gasteiger charge is 2.27. The molecule has 2 fully saturated rings. The molecule has 0 saturated carbocycles. The van der Waals surface area contributed by atoms with Crippen molar-refractivity contribution in [3.05, 3.63) is 29.8 Å². The first-order chi connectivity index (χ1) is 13.9. The highest BCUT2D eigenvalue weighted by Crippen LogP contribution is 2.24. The lowest BCUT2D eigenvalue weighted by molar-refractivity contribution is 0.0315. The number of nitrogens with one attached hydrogen (secondary N) is 1. The number of guanidine groups is 1. The molecule has 0 aromatic heterocycles. The first-order valence-corrected chi connectivity index (χ1v) is 11.0. The molecule has 2 heterocycles. The average Bonchev–Trinajstić information content (AvgIpc) is 3.14. The van der Waals surface area contributed by atoms with Gasteiger partial charge in [0.05, 0.1) is 19.8 Å². The Bertz CT molecular complexity index is 671. The molecule has 2 aliphatic heterocycles. The van der Waals surface area contributed by atoms with E-state index in [4.69, 9.17) is 14.5 Å². The van der Waals surface area contributed by atoms with Crippen molar-refractivity contribution >= 4 is 29.9 Å². The number of halogens is 1. The van der Waals surface area contributed by atoms with Gasteiger partial charge in [-0.25, -0.2) is 4.99 Å². The Morgan fingerprint density at radius 2 is 1.93 bits per heavy atom. The average molecular weight is 530 g/mol. The van der Waals surface area contributed by atoms with Gasteiger partial charge in [0.1, 0.15) is 11.4 Å². The molecular weight excluding hydrogens is 491 g/mol. The summed E-state index contributed by atoms with van der Waals surface area (Å²) in [6, 6.07) is 8.23.